The minimum Gasteiger partial charge on any atom is -0.386 e. The maximum absolute atomic E-state index is 12.4. The van der Waals surface area contributed by atoms with E-state index in [0.29, 0.717) is 18.5 Å². The zero-order valence-corrected chi connectivity index (χ0v) is 13.5. The van der Waals surface area contributed by atoms with Crippen LogP contribution < -0.4 is 4.90 Å². The normalized spacial score (nSPS) is 20.7. The van der Waals surface area contributed by atoms with Gasteiger partial charge in [-0.25, -0.2) is 15.0 Å². The van der Waals surface area contributed by atoms with Crippen LogP contribution in [-0.4, -0.2) is 68.1 Å². The maximum Gasteiger partial charge on any atom is 0.256 e. The van der Waals surface area contributed by atoms with Gasteiger partial charge < -0.3 is 14.9 Å². The van der Waals surface area contributed by atoms with E-state index >= 15 is 0 Å². The SMILES string of the molecule is CN(CC1(O)CCCN(c2cnccn2)C1)C(=O)c1cncnc1. The van der Waals surface area contributed by atoms with E-state index in [2.05, 4.69) is 19.9 Å². The van der Waals surface area contributed by atoms with E-state index in [1.807, 2.05) is 4.90 Å². The molecule has 0 saturated carbocycles. The molecular weight excluding hydrogens is 308 g/mol. The van der Waals surface area contributed by atoms with Gasteiger partial charge in [0.1, 0.15) is 12.1 Å². The first-order valence-corrected chi connectivity index (χ1v) is 7.81. The summed E-state index contributed by atoms with van der Waals surface area (Å²) in [7, 11) is 1.68. The Morgan fingerprint density at radius 1 is 1.29 bits per heavy atom. The Morgan fingerprint density at radius 2 is 2.08 bits per heavy atom. The van der Waals surface area contributed by atoms with Gasteiger partial charge in [-0.1, -0.05) is 0 Å². The van der Waals surface area contributed by atoms with Gasteiger partial charge >= 0.3 is 0 Å². The summed E-state index contributed by atoms with van der Waals surface area (Å²) < 4.78 is 0. The largest absolute Gasteiger partial charge is 0.386 e. The lowest BCUT2D eigenvalue weighted by molar-refractivity contribution is -0.000169. The summed E-state index contributed by atoms with van der Waals surface area (Å²) in [6, 6.07) is 0. The first-order chi connectivity index (χ1) is 11.6. The third-order valence-electron chi connectivity index (χ3n) is 4.11. The standard InChI is InChI=1S/C16H20N6O2/c1-21(15(23)13-7-18-12-19-8-13)10-16(24)3-2-6-22(11-16)14-9-17-4-5-20-14/h4-5,7-9,12,24H,2-3,6,10-11H2,1H3. The molecule has 2 aromatic heterocycles. The van der Waals surface area contributed by atoms with E-state index < -0.39 is 5.60 Å². The second-order valence-corrected chi connectivity index (χ2v) is 6.10. The lowest BCUT2D eigenvalue weighted by Gasteiger charge is -2.41. The Morgan fingerprint density at radius 3 is 2.79 bits per heavy atom. The summed E-state index contributed by atoms with van der Waals surface area (Å²) in [5.74, 6) is 0.529. The monoisotopic (exact) mass is 328 g/mol. The molecule has 3 heterocycles. The molecule has 0 aliphatic carbocycles. The molecule has 1 N–H and O–H groups in total. The minimum absolute atomic E-state index is 0.208. The highest BCUT2D eigenvalue weighted by atomic mass is 16.3. The van der Waals surface area contributed by atoms with Crippen molar-refractivity contribution in [1.29, 1.82) is 0 Å². The van der Waals surface area contributed by atoms with E-state index in [9.17, 15) is 9.90 Å². The summed E-state index contributed by atoms with van der Waals surface area (Å²) in [5.41, 5.74) is -0.583. The number of piperidine rings is 1. The second kappa shape index (κ2) is 6.88. The topological polar surface area (TPSA) is 95.3 Å². The van der Waals surface area contributed by atoms with Crippen molar-refractivity contribution in [3.8, 4) is 0 Å². The first-order valence-electron chi connectivity index (χ1n) is 7.81. The summed E-state index contributed by atoms with van der Waals surface area (Å²) in [6.07, 6.45) is 10.7. The lowest BCUT2D eigenvalue weighted by atomic mass is 9.92. The van der Waals surface area contributed by atoms with Gasteiger partial charge in [-0.2, -0.15) is 0 Å². The van der Waals surface area contributed by atoms with E-state index in [1.165, 1.54) is 23.6 Å². The Bertz CT molecular complexity index is 683. The molecule has 0 bridgehead atoms. The van der Waals surface area contributed by atoms with Crippen molar-refractivity contribution in [3.05, 3.63) is 42.9 Å². The molecule has 3 rings (SSSR count). The first kappa shape index (κ1) is 16.3. The Balaban J connectivity index is 1.68. The molecule has 1 unspecified atom stereocenters. The van der Waals surface area contributed by atoms with Crippen LogP contribution in [-0.2, 0) is 0 Å². The summed E-state index contributed by atoms with van der Waals surface area (Å²) in [4.78, 5) is 32.0. The molecule has 1 amide bonds. The van der Waals surface area contributed by atoms with Crippen LogP contribution in [0.5, 0.6) is 0 Å². The lowest BCUT2D eigenvalue weighted by Crippen LogP contribution is -2.54. The van der Waals surface area contributed by atoms with E-state index in [4.69, 9.17) is 0 Å². The van der Waals surface area contributed by atoms with Crippen LogP contribution in [0.25, 0.3) is 0 Å². The molecule has 1 aliphatic rings. The Labute approximate surface area is 140 Å². The highest BCUT2D eigenvalue weighted by Crippen LogP contribution is 2.25. The zero-order chi connectivity index (χ0) is 17.0. The third kappa shape index (κ3) is 3.65. The molecule has 126 valence electrons. The van der Waals surface area contributed by atoms with Crippen LogP contribution in [0.2, 0.25) is 0 Å². The van der Waals surface area contributed by atoms with Crippen molar-refractivity contribution < 1.29 is 9.90 Å². The second-order valence-electron chi connectivity index (χ2n) is 6.10. The van der Waals surface area contributed by atoms with Crippen LogP contribution in [0, 0.1) is 0 Å². The van der Waals surface area contributed by atoms with Gasteiger partial charge in [0.05, 0.1) is 23.9 Å². The van der Waals surface area contributed by atoms with Gasteiger partial charge in [0.25, 0.3) is 5.91 Å². The number of β-amino-alcohol motifs (C(OH)–C–C–N with tert-alkyl or cyclic N) is 1. The van der Waals surface area contributed by atoms with Crippen molar-refractivity contribution >= 4 is 11.7 Å². The molecular formula is C16H20N6O2. The predicted molar refractivity (Wildman–Crippen MR) is 87.4 cm³/mol. The van der Waals surface area contributed by atoms with Crippen molar-refractivity contribution in [3.63, 3.8) is 0 Å². The number of carbonyl (C=O) groups is 1. The van der Waals surface area contributed by atoms with Gasteiger partial charge in [0.2, 0.25) is 0 Å². The zero-order valence-electron chi connectivity index (χ0n) is 13.5. The third-order valence-corrected chi connectivity index (χ3v) is 4.11. The average Bonchev–Trinajstić information content (AvgIpc) is 2.62. The molecule has 2 aromatic rings. The predicted octanol–water partition coefficient (Wildman–Crippen LogP) is 0.370. The molecule has 8 heteroatoms. The molecule has 1 saturated heterocycles. The molecule has 1 aliphatic heterocycles. The highest BCUT2D eigenvalue weighted by molar-refractivity contribution is 5.93. The average molecular weight is 328 g/mol. The number of hydrogen-bond acceptors (Lipinski definition) is 7. The van der Waals surface area contributed by atoms with Crippen molar-refractivity contribution in [2.45, 2.75) is 18.4 Å². The maximum atomic E-state index is 12.4. The van der Waals surface area contributed by atoms with E-state index in [1.54, 1.807) is 25.6 Å². The summed E-state index contributed by atoms with van der Waals surface area (Å²) in [5, 5.41) is 11.0. The van der Waals surface area contributed by atoms with E-state index in [0.717, 1.165) is 18.8 Å². The van der Waals surface area contributed by atoms with Gasteiger partial charge in [0.15, 0.2) is 0 Å². The number of anilines is 1. The number of hydrogen-bond donors (Lipinski definition) is 1. The van der Waals surface area contributed by atoms with Gasteiger partial charge in [-0.15, -0.1) is 0 Å². The molecule has 1 fully saturated rings. The van der Waals surface area contributed by atoms with Gasteiger partial charge in [-0.3, -0.25) is 9.78 Å². The number of rotatable bonds is 4. The number of amides is 1. The Kier molecular flexibility index (Phi) is 4.66. The van der Waals surface area contributed by atoms with Crippen LogP contribution in [0.4, 0.5) is 5.82 Å². The highest BCUT2D eigenvalue weighted by Gasteiger charge is 2.36. The van der Waals surface area contributed by atoms with Crippen LogP contribution in [0.3, 0.4) is 0 Å². The smallest absolute Gasteiger partial charge is 0.256 e. The molecule has 8 nitrogen and oxygen atoms in total. The van der Waals surface area contributed by atoms with Crippen LogP contribution in [0.15, 0.2) is 37.3 Å². The quantitative estimate of drug-likeness (QED) is 0.866. The molecule has 0 radical (unpaired) electrons. The van der Waals surface area contributed by atoms with Gasteiger partial charge in [-0.05, 0) is 12.8 Å². The Hall–Kier alpha value is -2.61. The molecule has 1 atom stereocenters. The molecule has 0 spiro atoms. The number of aromatic nitrogens is 4. The van der Waals surface area contributed by atoms with Crippen molar-refractivity contribution in [1.82, 2.24) is 24.8 Å². The van der Waals surface area contributed by atoms with Crippen molar-refractivity contribution in [2.24, 2.45) is 0 Å². The number of likely N-dealkylation sites (N-methyl/N-ethyl adjacent to an activating group) is 1. The van der Waals surface area contributed by atoms with Crippen molar-refractivity contribution in [2.75, 3.05) is 31.6 Å². The number of carbonyl (C=O) groups excluding carboxylic acids is 1. The van der Waals surface area contributed by atoms with Crippen LogP contribution >= 0.6 is 0 Å². The summed E-state index contributed by atoms with van der Waals surface area (Å²) >= 11 is 0. The van der Waals surface area contributed by atoms with Gasteiger partial charge in [0, 0.05) is 44.9 Å². The minimum atomic E-state index is -0.990. The fourth-order valence-corrected chi connectivity index (χ4v) is 3.03. The number of aliphatic hydroxyl groups is 1. The van der Waals surface area contributed by atoms with Crippen LogP contribution in [0.1, 0.15) is 23.2 Å². The molecule has 0 aromatic carbocycles. The summed E-state index contributed by atoms with van der Waals surface area (Å²) in [6.45, 7) is 1.46. The fraction of sp³-hybridized carbons (Fsp3) is 0.438. The van der Waals surface area contributed by atoms with E-state index in [-0.39, 0.29) is 12.5 Å². The fourth-order valence-electron chi connectivity index (χ4n) is 3.03. The number of nitrogens with zero attached hydrogens (tertiary/aromatic N) is 6. The molecule has 24 heavy (non-hydrogen) atoms.